The highest BCUT2D eigenvalue weighted by Gasteiger charge is 2.01. The molecule has 0 atom stereocenters. The van der Waals surface area contributed by atoms with E-state index in [2.05, 4.69) is 25.3 Å². The molecule has 0 saturated heterocycles. The number of anilines is 2. The molecule has 7 heteroatoms. The average Bonchev–Trinajstić information content (AvgIpc) is 2.04. The van der Waals surface area contributed by atoms with Crippen LogP contribution >= 0.6 is 11.6 Å². The van der Waals surface area contributed by atoms with E-state index in [-0.39, 0.29) is 17.8 Å². The van der Waals surface area contributed by atoms with E-state index in [1.807, 2.05) is 0 Å². The summed E-state index contributed by atoms with van der Waals surface area (Å²) in [6.07, 6.45) is 0. The quantitative estimate of drug-likeness (QED) is 0.521. The lowest BCUT2D eigenvalue weighted by Crippen LogP contribution is -2.07. The van der Waals surface area contributed by atoms with E-state index in [9.17, 15) is 0 Å². The maximum absolute atomic E-state index is 5.49. The Morgan fingerprint density at radius 1 is 1.50 bits per heavy atom. The van der Waals surface area contributed by atoms with Crippen molar-refractivity contribution in [3.05, 3.63) is 5.82 Å². The molecule has 1 heterocycles. The molecule has 1 aromatic rings. The summed E-state index contributed by atoms with van der Waals surface area (Å²) in [5.74, 6) is 0.954. The number of hydrogen-bond acceptors (Lipinski definition) is 6. The van der Waals surface area contributed by atoms with Gasteiger partial charge in [0.25, 0.3) is 5.95 Å². The molecular formula is C5H8ClN5O. The Morgan fingerprint density at radius 2 is 2.25 bits per heavy atom. The van der Waals surface area contributed by atoms with Crippen LogP contribution in [0.15, 0.2) is 0 Å². The van der Waals surface area contributed by atoms with E-state index in [4.69, 9.17) is 17.3 Å². The van der Waals surface area contributed by atoms with Crippen molar-refractivity contribution in [3.8, 4) is 0 Å². The van der Waals surface area contributed by atoms with Gasteiger partial charge in [0.2, 0.25) is 5.95 Å². The predicted octanol–water partition coefficient (Wildman–Crippen LogP) is 0.166. The second-order valence-electron chi connectivity index (χ2n) is 1.87. The van der Waals surface area contributed by atoms with Gasteiger partial charge in [-0.1, -0.05) is 0 Å². The Hall–Kier alpha value is -1.14. The molecule has 0 aliphatic rings. The molecule has 0 saturated carbocycles. The van der Waals surface area contributed by atoms with Gasteiger partial charge in [-0.15, -0.1) is 11.6 Å². The molecule has 3 N–H and O–H groups in total. The Kier molecular flexibility index (Phi) is 3.01. The van der Waals surface area contributed by atoms with E-state index < -0.39 is 0 Å². The highest BCUT2D eigenvalue weighted by atomic mass is 35.5. The number of nitrogens with zero attached hydrogens (tertiary/aromatic N) is 3. The van der Waals surface area contributed by atoms with Crippen LogP contribution in [-0.2, 0) is 10.7 Å². The predicted molar refractivity (Wildman–Crippen MR) is 44.4 cm³/mol. The van der Waals surface area contributed by atoms with Crippen molar-refractivity contribution in [2.75, 3.05) is 18.3 Å². The van der Waals surface area contributed by atoms with Crippen LogP contribution in [0.1, 0.15) is 5.82 Å². The van der Waals surface area contributed by atoms with Crippen LogP contribution in [0, 0.1) is 0 Å². The lowest BCUT2D eigenvalue weighted by molar-refractivity contribution is 0.267. The zero-order valence-electron chi connectivity index (χ0n) is 6.41. The van der Waals surface area contributed by atoms with Gasteiger partial charge in [0.05, 0.1) is 13.0 Å². The normalized spacial score (nSPS) is 9.83. The van der Waals surface area contributed by atoms with Crippen LogP contribution in [0.3, 0.4) is 0 Å². The molecule has 0 spiro atoms. The van der Waals surface area contributed by atoms with Crippen LogP contribution < -0.4 is 11.2 Å². The van der Waals surface area contributed by atoms with Crippen LogP contribution in [0.25, 0.3) is 0 Å². The number of rotatable bonds is 3. The third-order valence-electron chi connectivity index (χ3n) is 1.01. The molecule has 0 fully saturated rings. The third kappa shape index (κ3) is 2.18. The minimum absolute atomic E-state index is 0.111. The maximum atomic E-state index is 5.49. The summed E-state index contributed by atoms with van der Waals surface area (Å²) in [6.45, 7) is 0. The molecule has 1 aromatic heterocycles. The summed E-state index contributed by atoms with van der Waals surface area (Å²) in [5, 5.41) is 0. The van der Waals surface area contributed by atoms with E-state index in [1.165, 1.54) is 7.11 Å². The van der Waals surface area contributed by atoms with Gasteiger partial charge in [-0.25, -0.2) is 5.48 Å². The summed E-state index contributed by atoms with van der Waals surface area (Å²) in [7, 11) is 1.44. The summed E-state index contributed by atoms with van der Waals surface area (Å²) in [5.41, 5.74) is 7.77. The van der Waals surface area contributed by atoms with Crippen molar-refractivity contribution in [3.63, 3.8) is 0 Å². The van der Waals surface area contributed by atoms with Crippen molar-refractivity contribution < 1.29 is 4.84 Å². The summed E-state index contributed by atoms with van der Waals surface area (Å²) in [6, 6.07) is 0. The number of aromatic nitrogens is 3. The van der Waals surface area contributed by atoms with E-state index in [1.54, 1.807) is 0 Å². The first-order valence-electron chi connectivity index (χ1n) is 3.11. The minimum atomic E-state index is 0.111. The molecule has 0 aliphatic carbocycles. The molecule has 0 unspecified atom stereocenters. The SMILES string of the molecule is CONc1nc(N)nc(CCl)n1. The number of alkyl halides is 1. The van der Waals surface area contributed by atoms with Gasteiger partial charge in [0.1, 0.15) is 0 Å². The topological polar surface area (TPSA) is 86.0 Å². The lowest BCUT2D eigenvalue weighted by Gasteiger charge is -2.02. The number of nitrogens with one attached hydrogen (secondary N) is 1. The molecule has 1 rings (SSSR count). The summed E-state index contributed by atoms with van der Waals surface area (Å²) in [4.78, 5) is 15.9. The van der Waals surface area contributed by atoms with Crippen molar-refractivity contribution in [1.29, 1.82) is 0 Å². The zero-order valence-corrected chi connectivity index (χ0v) is 7.17. The number of nitrogen functional groups attached to an aromatic ring is 1. The third-order valence-corrected chi connectivity index (χ3v) is 1.25. The molecule has 0 aliphatic heterocycles. The maximum Gasteiger partial charge on any atom is 0.252 e. The molecular weight excluding hydrogens is 182 g/mol. The molecule has 0 radical (unpaired) electrons. The first-order chi connectivity index (χ1) is 5.76. The molecule has 12 heavy (non-hydrogen) atoms. The smallest absolute Gasteiger partial charge is 0.252 e. The monoisotopic (exact) mass is 189 g/mol. The lowest BCUT2D eigenvalue weighted by atomic mass is 10.7. The fourth-order valence-corrected chi connectivity index (χ4v) is 0.754. The molecule has 0 bridgehead atoms. The van der Waals surface area contributed by atoms with Crippen molar-refractivity contribution in [2.45, 2.75) is 5.88 Å². The number of halogens is 1. The minimum Gasteiger partial charge on any atom is -0.368 e. The second-order valence-corrected chi connectivity index (χ2v) is 2.14. The highest BCUT2D eigenvalue weighted by molar-refractivity contribution is 6.16. The van der Waals surface area contributed by atoms with Crippen LogP contribution in [0.2, 0.25) is 0 Å². The van der Waals surface area contributed by atoms with Crippen LogP contribution in [0.5, 0.6) is 0 Å². The Morgan fingerprint density at radius 3 is 2.83 bits per heavy atom. The van der Waals surface area contributed by atoms with Gasteiger partial charge < -0.3 is 5.73 Å². The van der Waals surface area contributed by atoms with Crippen molar-refractivity contribution >= 4 is 23.5 Å². The van der Waals surface area contributed by atoms with E-state index in [0.717, 1.165) is 0 Å². The van der Waals surface area contributed by atoms with Gasteiger partial charge >= 0.3 is 0 Å². The van der Waals surface area contributed by atoms with Gasteiger partial charge in [0.15, 0.2) is 5.82 Å². The fourth-order valence-electron chi connectivity index (χ4n) is 0.635. The van der Waals surface area contributed by atoms with Gasteiger partial charge in [-0.3, -0.25) is 4.84 Å². The van der Waals surface area contributed by atoms with E-state index in [0.29, 0.717) is 5.82 Å². The average molecular weight is 190 g/mol. The fraction of sp³-hybridized carbons (Fsp3) is 0.400. The van der Waals surface area contributed by atoms with Gasteiger partial charge in [-0.05, 0) is 0 Å². The second kappa shape index (κ2) is 4.03. The Balaban J connectivity index is 2.90. The largest absolute Gasteiger partial charge is 0.368 e. The molecule has 66 valence electrons. The highest BCUT2D eigenvalue weighted by Crippen LogP contribution is 2.03. The van der Waals surface area contributed by atoms with Gasteiger partial charge in [-0.2, -0.15) is 15.0 Å². The number of hydrogen-bond donors (Lipinski definition) is 2. The van der Waals surface area contributed by atoms with Crippen LogP contribution in [0.4, 0.5) is 11.9 Å². The summed E-state index contributed by atoms with van der Waals surface area (Å²) >= 11 is 5.49. The van der Waals surface area contributed by atoms with Crippen LogP contribution in [-0.4, -0.2) is 22.1 Å². The van der Waals surface area contributed by atoms with Crippen molar-refractivity contribution in [2.24, 2.45) is 0 Å². The summed E-state index contributed by atoms with van der Waals surface area (Å²) < 4.78 is 0. The van der Waals surface area contributed by atoms with Gasteiger partial charge in [0, 0.05) is 0 Å². The first-order valence-corrected chi connectivity index (χ1v) is 3.65. The standard InChI is InChI=1S/C5H8ClN5O/c1-12-11-5-9-3(2-6)8-4(7)10-5/h2H2,1H3,(H3,7,8,9,10,11). The van der Waals surface area contributed by atoms with Crippen molar-refractivity contribution in [1.82, 2.24) is 15.0 Å². The Bertz CT molecular complexity index is 268. The van der Waals surface area contributed by atoms with E-state index >= 15 is 0 Å². The first kappa shape index (κ1) is 8.95. The number of nitrogens with two attached hydrogens (primary N) is 1. The molecule has 0 amide bonds. The zero-order chi connectivity index (χ0) is 8.97. The molecule has 6 nitrogen and oxygen atoms in total. The molecule has 0 aromatic carbocycles. The Labute approximate surface area is 74.1 Å².